The maximum atomic E-state index is 9.65. The van der Waals surface area contributed by atoms with Gasteiger partial charge in [-0.3, -0.25) is 0 Å². The molecule has 0 amide bonds. The number of aliphatic hydroxyl groups is 1. The average Bonchev–Trinajstić information content (AvgIpc) is 2.44. The minimum atomic E-state index is -0.501. The van der Waals surface area contributed by atoms with Crippen molar-refractivity contribution in [1.82, 2.24) is 0 Å². The molecule has 1 atom stereocenters. The molecule has 0 radical (unpaired) electrons. The molecule has 0 saturated heterocycles. The summed E-state index contributed by atoms with van der Waals surface area (Å²) < 4.78 is 11.1. The Hall–Kier alpha value is -2.00. The van der Waals surface area contributed by atoms with Gasteiger partial charge in [-0.25, -0.2) is 0 Å². The molecule has 0 saturated carbocycles. The van der Waals surface area contributed by atoms with Crippen LogP contribution < -0.4 is 9.47 Å². The van der Waals surface area contributed by atoms with E-state index in [9.17, 15) is 5.11 Å². The van der Waals surface area contributed by atoms with Crippen LogP contribution >= 0.6 is 0 Å². The SMILES string of the molecule is COc1ccc(C(C)O)cc1COc1cccc(C)c1. The van der Waals surface area contributed by atoms with Crippen molar-refractivity contribution in [2.24, 2.45) is 0 Å². The number of ether oxygens (including phenoxy) is 2. The van der Waals surface area contributed by atoms with Crippen LogP contribution in [0, 0.1) is 6.92 Å². The van der Waals surface area contributed by atoms with Crippen molar-refractivity contribution >= 4 is 0 Å². The summed E-state index contributed by atoms with van der Waals surface area (Å²) in [7, 11) is 1.63. The number of aliphatic hydroxyl groups excluding tert-OH is 1. The molecule has 1 N–H and O–H groups in total. The zero-order valence-corrected chi connectivity index (χ0v) is 12.1. The van der Waals surface area contributed by atoms with Gasteiger partial charge in [-0.1, -0.05) is 18.2 Å². The number of methoxy groups -OCH3 is 1. The van der Waals surface area contributed by atoms with Crippen LogP contribution in [0.15, 0.2) is 42.5 Å². The minimum Gasteiger partial charge on any atom is -0.496 e. The maximum absolute atomic E-state index is 9.65. The summed E-state index contributed by atoms with van der Waals surface area (Å²) in [5.74, 6) is 1.59. The standard InChI is InChI=1S/C17H20O3/c1-12-5-4-6-16(9-12)20-11-15-10-14(13(2)18)7-8-17(15)19-3/h4-10,13,18H,11H2,1-3H3. The lowest BCUT2D eigenvalue weighted by atomic mass is 10.1. The van der Waals surface area contributed by atoms with Gasteiger partial charge in [0.2, 0.25) is 0 Å². The zero-order valence-electron chi connectivity index (χ0n) is 12.1. The van der Waals surface area contributed by atoms with E-state index in [0.717, 1.165) is 28.2 Å². The second-order valence-electron chi connectivity index (χ2n) is 4.85. The summed E-state index contributed by atoms with van der Waals surface area (Å²) in [5.41, 5.74) is 2.94. The van der Waals surface area contributed by atoms with E-state index in [1.165, 1.54) is 0 Å². The lowest BCUT2D eigenvalue weighted by Crippen LogP contribution is -2.01. The fourth-order valence-corrected chi connectivity index (χ4v) is 2.04. The molecule has 2 aromatic rings. The molecular weight excluding hydrogens is 252 g/mol. The molecule has 0 aromatic heterocycles. The molecule has 20 heavy (non-hydrogen) atoms. The Bertz CT molecular complexity index is 576. The molecule has 0 bridgehead atoms. The molecular formula is C17H20O3. The van der Waals surface area contributed by atoms with Crippen LogP contribution in [0.4, 0.5) is 0 Å². The van der Waals surface area contributed by atoms with Gasteiger partial charge in [0, 0.05) is 5.56 Å². The highest BCUT2D eigenvalue weighted by Gasteiger charge is 2.08. The predicted octanol–water partition coefficient (Wildman–Crippen LogP) is 3.64. The molecule has 3 nitrogen and oxygen atoms in total. The van der Waals surface area contributed by atoms with Crippen LogP contribution in [0.2, 0.25) is 0 Å². The Balaban J connectivity index is 2.17. The van der Waals surface area contributed by atoms with Gasteiger partial charge in [0.15, 0.2) is 0 Å². The molecule has 1 unspecified atom stereocenters. The first-order chi connectivity index (χ1) is 9.60. The molecule has 0 spiro atoms. The van der Waals surface area contributed by atoms with Crippen molar-refractivity contribution in [2.45, 2.75) is 26.6 Å². The quantitative estimate of drug-likeness (QED) is 0.903. The molecule has 106 valence electrons. The van der Waals surface area contributed by atoms with E-state index < -0.39 is 6.10 Å². The summed E-state index contributed by atoms with van der Waals surface area (Å²) in [5, 5.41) is 9.65. The Kier molecular flexibility index (Phi) is 4.64. The van der Waals surface area contributed by atoms with Crippen LogP contribution in [0.5, 0.6) is 11.5 Å². The lowest BCUT2D eigenvalue weighted by molar-refractivity contribution is 0.198. The second kappa shape index (κ2) is 6.44. The molecule has 2 rings (SSSR count). The molecule has 0 heterocycles. The topological polar surface area (TPSA) is 38.7 Å². The zero-order chi connectivity index (χ0) is 14.5. The largest absolute Gasteiger partial charge is 0.496 e. The third-order valence-electron chi connectivity index (χ3n) is 3.17. The first-order valence-corrected chi connectivity index (χ1v) is 6.64. The number of hydrogen-bond acceptors (Lipinski definition) is 3. The minimum absolute atomic E-state index is 0.410. The van der Waals surface area contributed by atoms with Crippen LogP contribution in [0.25, 0.3) is 0 Å². The van der Waals surface area contributed by atoms with Gasteiger partial charge in [0.1, 0.15) is 18.1 Å². The van der Waals surface area contributed by atoms with Gasteiger partial charge >= 0.3 is 0 Å². The number of rotatable bonds is 5. The summed E-state index contributed by atoms with van der Waals surface area (Å²) in [6.45, 7) is 4.18. The fraction of sp³-hybridized carbons (Fsp3) is 0.294. The van der Waals surface area contributed by atoms with Crippen LogP contribution in [0.1, 0.15) is 29.7 Å². The van der Waals surface area contributed by atoms with Crippen molar-refractivity contribution in [2.75, 3.05) is 7.11 Å². The molecule has 0 aliphatic heterocycles. The Labute approximate surface area is 119 Å². The number of benzene rings is 2. The molecule has 0 fully saturated rings. The first kappa shape index (κ1) is 14.4. The van der Waals surface area contributed by atoms with E-state index in [-0.39, 0.29) is 0 Å². The summed E-state index contributed by atoms with van der Waals surface area (Å²) in [6, 6.07) is 13.6. The normalized spacial score (nSPS) is 12.0. The van der Waals surface area contributed by atoms with Gasteiger partial charge in [-0.05, 0) is 49.2 Å². The Morgan fingerprint density at radius 3 is 2.60 bits per heavy atom. The third kappa shape index (κ3) is 3.52. The fourth-order valence-electron chi connectivity index (χ4n) is 2.04. The predicted molar refractivity (Wildman–Crippen MR) is 79.1 cm³/mol. The Morgan fingerprint density at radius 1 is 1.15 bits per heavy atom. The molecule has 2 aromatic carbocycles. The van der Waals surface area contributed by atoms with E-state index in [1.807, 2.05) is 49.4 Å². The maximum Gasteiger partial charge on any atom is 0.125 e. The monoisotopic (exact) mass is 272 g/mol. The van der Waals surface area contributed by atoms with Crippen molar-refractivity contribution in [1.29, 1.82) is 0 Å². The van der Waals surface area contributed by atoms with E-state index >= 15 is 0 Å². The van der Waals surface area contributed by atoms with E-state index in [4.69, 9.17) is 9.47 Å². The summed E-state index contributed by atoms with van der Waals surface area (Å²) in [6.07, 6.45) is -0.501. The van der Waals surface area contributed by atoms with Gasteiger partial charge in [0.05, 0.1) is 13.2 Å². The van der Waals surface area contributed by atoms with Crippen molar-refractivity contribution in [3.63, 3.8) is 0 Å². The van der Waals surface area contributed by atoms with Crippen LogP contribution in [0.3, 0.4) is 0 Å². The molecule has 0 aliphatic rings. The lowest BCUT2D eigenvalue weighted by Gasteiger charge is -2.13. The van der Waals surface area contributed by atoms with Gasteiger partial charge < -0.3 is 14.6 Å². The molecule has 3 heteroatoms. The van der Waals surface area contributed by atoms with Gasteiger partial charge in [-0.2, -0.15) is 0 Å². The van der Waals surface area contributed by atoms with Crippen molar-refractivity contribution < 1.29 is 14.6 Å². The highest BCUT2D eigenvalue weighted by atomic mass is 16.5. The number of hydrogen-bond donors (Lipinski definition) is 1. The average molecular weight is 272 g/mol. The number of aryl methyl sites for hydroxylation is 1. The van der Waals surface area contributed by atoms with E-state index in [0.29, 0.717) is 6.61 Å². The summed E-state index contributed by atoms with van der Waals surface area (Å²) in [4.78, 5) is 0. The highest BCUT2D eigenvalue weighted by Crippen LogP contribution is 2.25. The smallest absolute Gasteiger partial charge is 0.125 e. The van der Waals surface area contributed by atoms with Gasteiger partial charge in [0.25, 0.3) is 0 Å². The highest BCUT2D eigenvalue weighted by molar-refractivity contribution is 5.38. The van der Waals surface area contributed by atoms with Gasteiger partial charge in [-0.15, -0.1) is 0 Å². The Morgan fingerprint density at radius 2 is 1.95 bits per heavy atom. The van der Waals surface area contributed by atoms with Crippen molar-refractivity contribution in [3.8, 4) is 11.5 Å². The van der Waals surface area contributed by atoms with Crippen molar-refractivity contribution in [3.05, 3.63) is 59.2 Å². The summed E-state index contributed by atoms with van der Waals surface area (Å²) >= 11 is 0. The molecule has 0 aliphatic carbocycles. The van der Waals surface area contributed by atoms with Crippen LogP contribution in [-0.2, 0) is 6.61 Å². The van der Waals surface area contributed by atoms with E-state index in [2.05, 4.69) is 0 Å². The second-order valence-corrected chi connectivity index (χ2v) is 4.85. The van der Waals surface area contributed by atoms with E-state index in [1.54, 1.807) is 14.0 Å². The third-order valence-corrected chi connectivity index (χ3v) is 3.17. The first-order valence-electron chi connectivity index (χ1n) is 6.64. The van der Waals surface area contributed by atoms with Crippen LogP contribution in [-0.4, -0.2) is 12.2 Å².